The number of anilines is 1. The third-order valence-electron chi connectivity index (χ3n) is 3.51. The maximum absolute atomic E-state index is 4.68. The van der Waals surface area contributed by atoms with Crippen LogP contribution in [0.15, 0.2) is 6.20 Å². The zero-order valence-electron chi connectivity index (χ0n) is 12.1. The van der Waals surface area contributed by atoms with E-state index in [0.29, 0.717) is 0 Å². The molecule has 1 aromatic rings. The molecule has 2 rings (SSSR count). The van der Waals surface area contributed by atoms with E-state index in [0.717, 1.165) is 43.1 Å². The highest BCUT2D eigenvalue weighted by atomic mass is 32.2. The lowest BCUT2D eigenvalue weighted by molar-refractivity contribution is 0.694. The first-order valence-corrected chi connectivity index (χ1v) is 8.19. The van der Waals surface area contributed by atoms with E-state index in [4.69, 9.17) is 0 Å². The van der Waals surface area contributed by atoms with E-state index in [2.05, 4.69) is 52.7 Å². The first-order valence-electron chi connectivity index (χ1n) is 7.14. The van der Waals surface area contributed by atoms with Crippen molar-refractivity contribution in [2.45, 2.75) is 39.0 Å². The Kier molecular flexibility index (Phi) is 5.45. The Morgan fingerprint density at radius 3 is 3.00 bits per heavy atom. The Labute approximate surface area is 120 Å². The van der Waals surface area contributed by atoms with E-state index in [9.17, 15) is 0 Å². The van der Waals surface area contributed by atoms with Crippen molar-refractivity contribution in [1.82, 2.24) is 15.3 Å². The minimum Gasteiger partial charge on any atom is -0.339 e. The summed E-state index contributed by atoms with van der Waals surface area (Å²) in [6, 6.07) is 0. The van der Waals surface area contributed by atoms with Gasteiger partial charge in [-0.3, -0.25) is 0 Å². The molecule has 1 N–H and O–H groups in total. The molecule has 1 unspecified atom stereocenters. The minimum absolute atomic E-state index is 0.721. The van der Waals surface area contributed by atoms with Crippen LogP contribution in [0, 0.1) is 6.92 Å². The average Bonchev–Trinajstić information content (AvgIpc) is 2.46. The van der Waals surface area contributed by atoms with Gasteiger partial charge in [0, 0.05) is 48.1 Å². The lowest BCUT2D eigenvalue weighted by atomic mass is 10.2. The molecule has 0 spiro atoms. The van der Waals surface area contributed by atoms with Gasteiger partial charge in [0.05, 0.1) is 0 Å². The molecule has 0 radical (unpaired) electrons. The van der Waals surface area contributed by atoms with Gasteiger partial charge in [0.15, 0.2) is 0 Å². The molecule has 2 heterocycles. The predicted molar refractivity (Wildman–Crippen MR) is 82.9 cm³/mol. The van der Waals surface area contributed by atoms with Crippen LogP contribution in [0.2, 0.25) is 0 Å². The fraction of sp³-hybridized carbons (Fsp3) is 0.714. The first-order chi connectivity index (χ1) is 9.24. The largest absolute Gasteiger partial charge is 0.339 e. The third-order valence-corrected chi connectivity index (χ3v) is 4.88. The first kappa shape index (κ1) is 14.6. The minimum atomic E-state index is 0.721. The maximum atomic E-state index is 4.68. The van der Waals surface area contributed by atoms with Crippen LogP contribution < -0.4 is 10.2 Å². The summed E-state index contributed by atoms with van der Waals surface area (Å²) in [6.45, 7) is 10.4. The van der Waals surface area contributed by atoms with Gasteiger partial charge in [-0.1, -0.05) is 13.8 Å². The highest BCUT2D eigenvalue weighted by Crippen LogP contribution is 2.24. The molecule has 0 aromatic carbocycles. The van der Waals surface area contributed by atoms with E-state index in [1.54, 1.807) is 0 Å². The standard InChI is InChI=1S/C14H24N4S/c1-4-13-10-18(6-7-19-13)14-16-9-12(8-15-5-2)11(3)17-14/h9,13,15H,4-8,10H2,1-3H3. The van der Waals surface area contributed by atoms with Crippen molar-refractivity contribution in [3.63, 3.8) is 0 Å². The Morgan fingerprint density at radius 2 is 2.32 bits per heavy atom. The zero-order valence-corrected chi connectivity index (χ0v) is 13.0. The van der Waals surface area contributed by atoms with Crippen LogP contribution >= 0.6 is 11.8 Å². The average molecular weight is 280 g/mol. The lowest BCUT2D eigenvalue weighted by Gasteiger charge is -2.32. The molecule has 1 fully saturated rings. The summed E-state index contributed by atoms with van der Waals surface area (Å²) in [5.41, 5.74) is 2.29. The molecule has 1 aliphatic heterocycles. The molecule has 4 nitrogen and oxygen atoms in total. The Hall–Kier alpha value is -0.810. The number of aryl methyl sites for hydroxylation is 1. The fourth-order valence-electron chi connectivity index (χ4n) is 2.21. The quantitative estimate of drug-likeness (QED) is 0.895. The van der Waals surface area contributed by atoms with E-state index in [-0.39, 0.29) is 0 Å². The van der Waals surface area contributed by atoms with Crippen LogP contribution in [0.1, 0.15) is 31.5 Å². The smallest absolute Gasteiger partial charge is 0.225 e. The van der Waals surface area contributed by atoms with Crippen LogP contribution in [0.3, 0.4) is 0 Å². The van der Waals surface area contributed by atoms with E-state index < -0.39 is 0 Å². The second-order valence-corrected chi connectivity index (χ2v) is 6.32. The maximum Gasteiger partial charge on any atom is 0.225 e. The van der Waals surface area contributed by atoms with Crippen LogP contribution in [0.5, 0.6) is 0 Å². The van der Waals surface area contributed by atoms with Gasteiger partial charge in [-0.05, 0) is 19.9 Å². The summed E-state index contributed by atoms with van der Waals surface area (Å²) in [5.74, 6) is 2.08. The highest BCUT2D eigenvalue weighted by molar-refractivity contribution is 8.00. The summed E-state index contributed by atoms with van der Waals surface area (Å²) in [5, 5.41) is 4.05. The van der Waals surface area contributed by atoms with Crippen LogP contribution in [0.4, 0.5) is 5.95 Å². The van der Waals surface area contributed by atoms with Crippen molar-refractivity contribution < 1.29 is 0 Å². The second kappa shape index (κ2) is 7.10. The van der Waals surface area contributed by atoms with Crippen molar-refractivity contribution in [2.24, 2.45) is 0 Å². The number of rotatable bonds is 5. The number of aromatic nitrogens is 2. The fourth-order valence-corrected chi connectivity index (χ4v) is 3.39. The van der Waals surface area contributed by atoms with Gasteiger partial charge in [0.2, 0.25) is 5.95 Å². The molecule has 1 atom stereocenters. The molecule has 1 saturated heterocycles. The molecule has 1 aromatic heterocycles. The van der Waals surface area contributed by atoms with E-state index >= 15 is 0 Å². The van der Waals surface area contributed by atoms with Crippen LogP contribution in [-0.2, 0) is 6.54 Å². The topological polar surface area (TPSA) is 41.1 Å². The third kappa shape index (κ3) is 3.83. The molecular weight excluding hydrogens is 256 g/mol. The molecule has 0 bridgehead atoms. The zero-order chi connectivity index (χ0) is 13.7. The van der Waals surface area contributed by atoms with Crippen molar-refractivity contribution in [3.05, 3.63) is 17.5 Å². The van der Waals surface area contributed by atoms with Gasteiger partial charge < -0.3 is 10.2 Å². The van der Waals surface area contributed by atoms with Gasteiger partial charge in [-0.2, -0.15) is 11.8 Å². The van der Waals surface area contributed by atoms with Crippen molar-refractivity contribution in [1.29, 1.82) is 0 Å². The number of thioether (sulfide) groups is 1. The lowest BCUT2D eigenvalue weighted by Crippen LogP contribution is -2.38. The SMILES string of the molecule is CCNCc1cnc(N2CCSC(CC)C2)nc1C. The summed E-state index contributed by atoms with van der Waals surface area (Å²) < 4.78 is 0. The molecule has 0 aliphatic carbocycles. The monoisotopic (exact) mass is 280 g/mol. The van der Waals surface area contributed by atoms with E-state index in [1.165, 1.54) is 17.7 Å². The normalized spacial score (nSPS) is 19.7. The predicted octanol–water partition coefficient (Wildman–Crippen LogP) is 2.23. The molecular formula is C14H24N4S. The molecule has 1 aliphatic rings. The van der Waals surface area contributed by atoms with Gasteiger partial charge in [-0.25, -0.2) is 9.97 Å². The molecule has 106 valence electrons. The Morgan fingerprint density at radius 1 is 1.47 bits per heavy atom. The highest BCUT2D eigenvalue weighted by Gasteiger charge is 2.21. The number of nitrogens with zero attached hydrogens (tertiary/aromatic N) is 3. The summed E-state index contributed by atoms with van der Waals surface area (Å²) >= 11 is 2.07. The Bertz CT molecular complexity index is 410. The number of nitrogens with one attached hydrogen (secondary N) is 1. The van der Waals surface area contributed by atoms with E-state index in [1.807, 2.05) is 6.20 Å². The van der Waals surface area contributed by atoms with Crippen LogP contribution in [-0.4, -0.2) is 40.6 Å². The van der Waals surface area contributed by atoms with Gasteiger partial charge >= 0.3 is 0 Å². The van der Waals surface area contributed by atoms with Crippen molar-refractivity contribution in [2.75, 3.05) is 30.3 Å². The summed E-state index contributed by atoms with van der Waals surface area (Å²) in [7, 11) is 0. The second-order valence-electron chi connectivity index (χ2n) is 4.91. The van der Waals surface area contributed by atoms with Gasteiger partial charge in [-0.15, -0.1) is 0 Å². The van der Waals surface area contributed by atoms with Crippen molar-refractivity contribution >= 4 is 17.7 Å². The number of hydrogen-bond donors (Lipinski definition) is 1. The number of hydrogen-bond acceptors (Lipinski definition) is 5. The molecule has 0 amide bonds. The van der Waals surface area contributed by atoms with Gasteiger partial charge in [0.1, 0.15) is 0 Å². The van der Waals surface area contributed by atoms with Crippen LogP contribution in [0.25, 0.3) is 0 Å². The summed E-state index contributed by atoms with van der Waals surface area (Å²) in [4.78, 5) is 11.6. The molecule has 19 heavy (non-hydrogen) atoms. The Balaban J connectivity index is 2.06. The summed E-state index contributed by atoms with van der Waals surface area (Å²) in [6.07, 6.45) is 3.20. The van der Waals surface area contributed by atoms with Gasteiger partial charge in [0.25, 0.3) is 0 Å². The van der Waals surface area contributed by atoms with Crippen molar-refractivity contribution in [3.8, 4) is 0 Å². The molecule has 5 heteroatoms. The molecule has 0 saturated carbocycles.